The molecule has 0 spiro atoms. The number of amides is 2. The molecule has 1 aliphatic heterocycles. The maximum Gasteiger partial charge on any atom is 0.323 e. The van der Waals surface area contributed by atoms with Gasteiger partial charge in [0.1, 0.15) is 12.6 Å². The van der Waals surface area contributed by atoms with Gasteiger partial charge < -0.3 is 15.3 Å². The zero-order valence-electron chi connectivity index (χ0n) is 12.2. The van der Waals surface area contributed by atoms with Crippen molar-refractivity contribution >= 4 is 17.8 Å². The Morgan fingerprint density at radius 1 is 1.40 bits per heavy atom. The molecule has 1 rings (SSSR count). The van der Waals surface area contributed by atoms with Crippen molar-refractivity contribution in [3.05, 3.63) is 0 Å². The average molecular weight is 284 g/mol. The lowest BCUT2D eigenvalue weighted by Crippen LogP contribution is -2.42. The molecular formula is C14H24N2O4. The van der Waals surface area contributed by atoms with E-state index in [1.54, 1.807) is 0 Å². The van der Waals surface area contributed by atoms with Crippen molar-refractivity contribution < 1.29 is 19.5 Å². The zero-order chi connectivity index (χ0) is 15.1. The topological polar surface area (TPSA) is 86.7 Å². The molecule has 2 N–H and O–H groups in total. The van der Waals surface area contributed by atoms with Crippen LogP contribution in [0.5, 0.6) is 0 Å². The van der Waals surface area contributed by atoms with Gasteiger partial charge in [0, 0.05) is 13.0 Å². The fourth-order valence-electron chi connectivity index (χ4n) is 2.30. The number of hydrogen-bond acceptors (Lipinski definition) is 3. The lowest BCUT2D eigenvalue weighted by molar-refractivity contribution is -0.143. The van der Waals surface area contributed by atoms with Gasteiger partial charge in [-0.15, -0.1) is 0 Å². The third-order valence-corrected chi connectivity index (χ3v) is 3.39. The van der Waals surface area contributed by atoms with Crippen LogP contribution in [0.1, 0.15) is 46.0 Å². The summed E-state index contributed by atoms with van der Waals surface area (Å²) in [5.74, 6) is -0.801. The summed E-state index contributed by atoms with van der Waals surface area (Å²) in [6.07, 6.45) is 3.85. The Morgan fingerprint density at radius 2 is 2.10 bits per heavy atom. The number of unbranched alkanes of at least 4 members (excludes halogenated alkanes) is 1. The van der Waals surface area contributed by atoms with Gasteiger partial charge in [0.05, 0.1) is 0 Å². The molecule has 1 heterocycles. The Hall–Kier alpha value is -1.59. The first kappa shape index (κ1) is 16.5. The minimum atomic E-state index is -1.03. The lowest BCUT2D eigenvalue weighted by atomic mass is 10.1. The largest absolute Gasteiger partial charge is 0.480 e. The molecule has 1 atom stereocenters. The number of aliphatic carboxylic acids is 1. The van der Waals surface area contributed by atoms with E-state index < -0.39 is 12.0 Å². The van der Waals surface area contributed by atoms with Crippen molar-refractivity contribution in [1.29, 1.82) is 0 Å². The molecule has 2 amide bonds. The summed E-state index contributed by atoms with van der Waals surface area (Å²) in [7, 11) is 0. The number of carbonyl (C=O) groups is 3. The van der Waals surface area contributed by atoms with Crippen LogP contribution >= 0.6 is 0 Å². The molecular weight excluding hydrogens is 260 g/mol. The van der Waals surface area contributed by atoms with Crippen LogP contribution in [0, 0.1) is 5.92 Å². The van der Waals surface area contributed by atoms with Gasteiger partial charge in [-0.05, 0) is 18.8 Å². The van der Waals surface area contributed by atoms with E-state index in [2.05, 4.69) is 19.2 Å². The number of carboxylic acid groups (broad SMARTS) is 1. The van der Waals surface area contributed by atoms with Gasteiger partial charge in [-0.25, -0.2) is 0 Å². The molecule has 20 heavy (non-hydrogen) atoms. The van der Waals surface area contributed by atoms with Crippen molar-refractivity contribution in [1.82, 2.24) is 10.2 Å². The van der Waals surface area contributed by atoms with Gasteiger partial charge in [0.2, 0.25) is 11.8 Å². The first-order valence-corrected chi connectivity index (χ1v) is 7.20. The van der Waals surface area contributed by atoms with E-state index in [4.69, 9.17) is 5.11 Å². The molecule has 1 aliphatic rings. The minimum Gasteiger partial charge on any atom is -0.480 e. The van der Waals surface area contributed by atoms with Gasteiger partial charge in [0.15, 0.2) is 0 Å². The van der Waals surface area contributed by atoms with Crippen LogP contribution < -0.4 is 5.32 Å². The number of likely N-dealkylation sites (tertiary alicyclic amines) is 1. The maximum atomic E-state index is 11.8. The monoisotopic (exact) mass is 284 g/mol. The number of hydrogen-bond donors (Lipinski definition) is 2. The molecule has 0 aromatic heterocycles. The third kappa shape index (κ3) is 5.59. The highest BCUT2D eigenvalue weighted by atomic mass is 16.4. The van der Waals surface area contributed by atoms with E-state index in [-0.39, 0.29) is 18.4 Å². The van der Waals surface area contributed by atoms with Crippen LogP contribution in [0.25, 0.3) is 0 Å². The predicted octanol–water partition coefficient (Wildman–Crippen LogP) is 1.00. The van der Waals surface area contributed by atoms with Crippen LogP contribution in [-0.2, 0) is 14.4 Å². The Morgan fingerprint density at radius 3 is 2.70 bits per heavy atom. The van der Waals surface area contributed by atoms with Gasteiger partial charge in [-0.1, -0.05) is 26.7 Å². The summed E-state index contributed by atoms with van der Waals surface area (Å²) in [5, 5.41) is 11.4. The molecule has 1 saturated heterocycles. The third-order valence-electron chi connectivity index (χ3n) is 3.39. The number of nitrogens with zero attached hydrogens (tertiary/aromatic N) is 1. The van der Waals surface area contributed by atoms with Crippen LogP contribution in [-0.4, -0.2) is 46.9 Å². The second-order valence-electron chi connectivity index (χ2n) is 5.70. The molecule has 0 aromatic rings. The standard InChI is InChI=1S/C14H24N2O4/c1-10(2)5-3-4-6-12(17)15-11-7-8-16(14(11)20)9-13(18)19/h10-11H,3-9H2,1-2H3,(H,15,17)(H,18,19)/t11-/m0/s1. The lowest BCUT2D eigenvalue weighted by Gasteiger charge is -2.14. The average Bonchev–Trinajstić information content (AvgIpc) is 2.66. The summed E-state index contributed by atoms with van der Waals surface area (Å²) in [6, 6.07) is -0.549. The van der Waals surface area contributed by atoms with Crippen molar-refractivity contribution in [3.63, 3.8) is 0 Å². The van der Waals surface area contributed by atoms with Crippen LogP contribution in [0.2, 0.25) is 0 Å². The van der Waals surface area contributed by atoms with E-state index in [0.717, 1.165) is 19.3 Å². The molecule has 0 saturated carbocycles. The van der Waals surface area contributed by atoms with E-state index in [0.29, 0.717) is 25.3 Å². The van der Waals surface area contributed by atoms with E-state index in [9.17, 15) is 14.4 Å². The summed E-state index contributed by atoms with van der Waals surface area (Å²) >= 11 is 0. The fourth-order valence-corrected chi connectivity index (χ4v) is 2.30. The Labute approximate surface area is 119 Å². The van der Waals surface area contributed by atoms with Crippen molar-refractivity contribution in [2.75, 3.05) is 13.1 Å². The molecule has 1 fully saturated rings. The minimum absolute atomic E-state index is 0.121. The number of carbonyl (C=O) groups excluding carboxylic acids is 2. The quantitative estimate of drug-likeness (QED) is 0.651. The summed E-state index contributed by atoms with van der Waals surface area (Å²) in [5.41, 5.74) is 0. The van der Waals surface area contributed by atoms with Gasteiger partial charge >= 0.3 is 5.97 Å². The highest BCUT2D eigenvalue weighted by Gasteiger charge is 2.33. The predicted molar refractivity (Wildman–Crippen MR) is 74.1 cm³/mol. The molecule has 0 bridgehead atoms. The summed E-state index contributed by atoms with van der Waals surface area (Å²) in [4.78, 5) is 35.4. The summed E-state index contributed by atoms with van der Waals surface area (Å²) < 4.78 is 0. The van der Waals surface area contributed by atoms with Gasteiger partial charge in [-0.3, -0.25) is 14.4 Å². The highest BCUT2D eigenvalue weighted by molar-refractivity contribution is 5.90. The summed E-state index contributed by atoms with van der Waals surface area (Å²) in [6.45, 7) is 4.39. The molecule has 0 unspecified atom stereocenters. The molecule has 0 aliphatic carbocycles. The molecule has 0 aromatic carbocycles. The highest BCUT2D eigenvalue weighted by Crippen LogP contribution is 2.12. The first-order valence-electron chi connectivity index (χ1n) is 7.20. The second kappa shape index (κ2) is 7.87. The molecule has 6 nitrogen and oxygen atoms in total. The zero-order valence-corrected chi connectivity index (χ0v) is 12.2. The Balaban J connectivity index is 2.26. The number of rotatable bonds is 8. The van der Waals surface area contributed by atoms with Crippen LogP contribution in [0.4, 0.5) is 0 Å². The van der Waals surface area contributed by atoms with E-state index in [1.165, 1.54) is 4.90 Å². The Kier molecular flexibility index (Phi) is 6.48. The molecule has 0 radical (unpaired) electrons. The maximum absolute atomic E-state index is 11.8. The van der Waals surface area contributed by atoms with E-state index >= 15 is 0 Å². The first-order chi connectivity index (χ1) is 9.40. The van der Waals surface area contributed by atoms with Crippen LogP contribution in [0.3, 0.4) is 0 Å². The fraction of sp³-hybridized carbons (Fsp3) is 0.786. The second-order valence-corrected chi connectivity index (χ2v) is 5.70. The van der Waals surface area contributed by atoms with Gasteiger partial charge in [-0.2, -0.15) is 0 Å². The van der Waals surface area contributed by atoms with Crippen molar-refractivity contribution in [3.8, 4) is 0 Å². The van der Waals surface area contributed by atoms with Crippen molar-refractivity contribution in [2.24, 2.45) is 5.92 Å². The smallest absolute Gasteiger partial charge is 0.323 e. The molecule has 6 heteroatoms. The van der Waals surface area contributed by atoms with E-state index in [1.807, 2.05) is 0 Å². The van der Waals surface area contributed by atoms with Crippen LogP contribution in [0.15, 0.2) is 0 Å². The van der Waals surface area contributed by atoms with Crippen molar-refractivity contribution in [2.45, 2.75) is 52.0 Å². The SMILES string of the molecule is CC(C)CCCCC(=O)N[C@H]1CCN(CC(=O)O)C1=O. The molecule has 114 valence electrons. The Bertz CT molecular complexity index is 368. The normalized spacial score (nSPS) is 18.6. The number of nitrogens with one attached hydrogen (secondary N) is 1. The van der Waals surface area contributed by atoms with Gasteiger partial charge in [0.25, 0.3) is 0 Å². The number of carboxylic acids is 1.